The summed E-state index contributed by atoms with van der Waals surface area (Å²) in [5, 5.41) is 0. The maximum atomic E-state index is 13.3. The van der Waals surface area contributed by atoms with E-state index >= 15 is 0 Å². The molecule has 0 bridgehead atoms. The summed E-state index contributed by atoms with van der Waals surface area (Å²) in [6.45, 7) is 8.43. The van der Waals surface area contributed by atoms with Gasteiger partial charge in [-0.3, -0.25) is 14.6 Å². The van der Waals surface area contributed by atoms with Gasteiger partial charge in [0.2, 0.25) is 0 Å². The maximum absolute atomic E-state index is 13.3. The number of hydrogen-bond donors (Lipinski definition) is 0. The summed E-state index contributed by atoms with van der Waals surface area (Å²) in [6, 6.07) is 17.5. The van der Waals surface area contributed by atoms with Crippen molar-refractivity contribution < 1.29 is 4.79 Å². The molecule has 3 heterocycles. The highest BCUT2D eigenvalue weighted by Crippen LogP contribution is 2.45. The lowest BCUT2D eigenvalue weighted by atomic mass is 9.88. The molecule has 3 saturated heterocycles. The van der Waals surface area contributed by atoms with Crippen LogP contribution in [0.3, 0.4) is 0 Å². The van der Waals surface area contributed by atoms with Gasteiger partial charge in [0.1, 0.15) is 0 Å². The van der Waals surface area contributed by atoms with Crippen molar-refractivity contribution in [1.29, 1.82) is 0 Å². The van der Waals surface area contributed by atoms with Crippen LogP contribution in [0.4, 0.5) is 0 Å². The van der Waals surface area contributed by atoms with Crippen LogP contribution in [-0.4, -0.2) is 60.4 Å². The monoisotopic (exact) mass is 417 g/mol. The lowest BCUT2D eigenvalue weighted by Crippen LogP contribution is -2.33. The number of amides is 1. The van der Waals surface area contributed by atoms with Crippen molar-refractivity contribution in [2.24, 2.45) is 11.8 Å². The predicted molar refractivity (Wildman–Crippen MR) is 125 cm³/mol. The Morgan fingerprint density at radius 1 is 0.935 bits per heavy atom. The van der Waals surface area contributed by atoms with Crippen LogP contribution >= 0.6 is 0 Å². The molecular weight excluding hydrogens is 382 g/mol. The number of hydrogen-bond acceptors (Lipinski definition) is 3. The van der Waals surface area contributed by atoms with Gasteiger partial charge in [0.15, 0.2) is 0 Å². The zero-order valence-electron chi connectivity index (χ0n) is 19.0. The Kier molecular flexibility index (Phi) is 5.85. The molecule has 0 aromatic heterocycles. The number of likely N-dealkylation sites (tertiary alicyclic amines) is 3. The Morgan fingerprint density at radius 2 is 1.68 bits per heavy atom. The molecule has 4 heteroatoms. The van der Waals surface area contributed by atoms with Crippen LogP contribution in [-0.2, 0) is 6.54 Å². The Balaban J connectivity index is 1.25. The minimum Gasteiger partial charge on any atom is -0.338 e. The van der Waals surface area contributed by atoms with Crippen LogP contribution in [0.5, 0.6) is 0 Å². The summed E-state index contributed by atoms with van der Waals surface area (Å²) < 4.78 is 0. The van der Waals surface area contributed by atoms with E-state index < -0.39 is 0 Å². The molecule has 164 valence electrons. The molecule has 0 saturated carbocycles. The second-order valence-electron chi connectivity index (χ2n) is 9.91. The van der Waals surface area contributed by atoms with Gasteiger partial charge in [-0.25, -0.2) is 0 Å². The molecule has 0 spiro atoms. The van der Waals surface area contributed by atoms with Gasteiger partial charge in [-0.05, 0) is 74.6 Å². The van der Waals surface area contributed by atoms with Crippen molar-refractivity contribution in [3.8, 4) is 0 Å². The number of carbonyl (C=O) groups is 1. The smallest absolute Gasteiger partial charge is 0.253 e. The molecule has 3 atom stereocenters. The van der Waals surface area contributed by atoms with E-state index in [-0.39, 0.29) is 5.91 Å². The van der Waals surface area contributed by atoms with Gasteiger partial charge in [-0.15, -0.1) is 0 Å². The molecule has 4 nitrogen and oxygen atoms in total. The third-order valence-corrected chi connectivity index (χ3v) is 7.74. The molecule has 3 aliphatic heterocycles. The predicted octanol–water partition coefficient (Wildman–Crippen LogP) is 4.36. The van der Waals surface area contributed by atoms with Gasteiger partial charge in [-0.1, -0.05) is 42.8 Å². The van der Waals surface area contributed by atoms with Gasteiger partial charge in [-0.2, -0.15) is 0 Å². The Hall–Kier alpha value is -2.17. The van der Waals surface area contributed by atoms with Crippen molar-refractivity contribution in [3.05, 3.63) is 70.8 Å². The highest BCUT2D eigenvalue weighted by molar-refractivity contribution is 5.94. The van der Waals surface area contributed by atoms with Crippen LogP contribution in [0, 0.1) is 18.8 Å². The van der Waals surface area contributed by atoms with Crippen molar-refractivity contribution >= 4 is 5.91 Å². The number of fused-ring (bicyclic) bond motifs is 1. The van der Waals surface area contributed by atoms with Crippen LogP contribution in [0.1, 0.15) is 52.4 Å². The quantitative estimate of drug-likeness (QED) is 0.740. The third kappa shape index (κ3) is 4.16. The first-order valence-electron chi connectivity index (χ1n) is 12.0. The summed E-state index contributed by atoms with van der Waals surface area (Å²) in [6.07, 6.45) is 3.99. The summed E-state index contributed by atoms with van der Waals surface area (Å²) in [5.41, 5.74) is 4.93. The number of piperidine rings is 1. The Morgan fingerprint density at radius 3 is 2.42 bits per heavy atom. The fourth-order valence-corrected chi connectivity index (χ4v) is 6.12. The zero-order valence-corrected chi connectivity index (χ0v) is 19.0. The van der Waals surface area contributed by atoms with E-state index in [1.165, 1.54) is 49.0 Å². The van der Waals surface area contributed by atoms with Crippen LogP contribution in [0.15, 0.2) is 48.5 Å². The van der Waals surface area contributed by atoms with Crippen LogP contribution in [0.2, 0.25) is 0 Å². The van der Waals surface area contributed by atoms with Crippen molar-refractivity contribution in [2.45, 2.75) is 38.8 Å². The van der Waals surface area contributed by atoms with Gasteiger partial charge < -0.3 is 4.90 Å². The maximum Gasteiger partial charge on any atom is 0.253 e. The van der Waals surface area contributed by atoms with E-state index in [4.69, 9.17) is 0 Å². The molecule has 5 rings (SSSR count). The van der Waals surface area contributed by atoms with Gasteiger partial charge in [0, 0.05) is 43.7 Å². The fourth-order valence-electron chi connectivity index (χ4n) is 6.12. The Labute approximate surface area is 186 Å². The molecule has 3 aliphatic rings. The summed E-state index contributed by atoms with van der Waals surface area (Å²) >= 11 is 0. The molecule has 2 aromatic carbocycles. The summed E-state index contributed by atoms with van der Waals surface area (Å²) in [7, 11) is 2.24. The first-order chi connectivity index (χ1) is 15.1. The molecule has 0 aliphatic carbocycles. The van der Waals surface area contributed by atoms with E-state index in [1.807, 2.05) is 12.1 Å². The van der Waals surface area contributed by atoms with Gasteiger partial charge >= 0.3 is 0 Å². The fraction of sp³-hybridized carbons (Fsp3) is 0.519. The minimum atomic E-state index is 0.199. The van der Waals surface area contributed by atoms with Crippen LogP contribution < -0.4 is 0 Å². The lowest BCUT2D eigenvalue weighted by molar-refractivity contribution is 0.0768. The number of aryl methyl sites for hydroxylation is 1. The first kappa shape index (κ1) is 20.7. The molecule has 1 amide bonds. The molecule has 2 aromatic rings. The zero-order chi connectivity index (χ0) is 21.4. The second kappa shape index (κ2) is 8.76. The number of carbonyl (C=O) groups excluding carboxylic acids is 1. The molecule has 3 fully saturated rings. The average molecular weight is 418 g/mol. The second-order valence-corrected chi connectivity index (χ2v) is 9.91. The summed E-state index contributed by atoms with van der Waals surface area (Å²) in [5.74, 6) is 1.29. The standard InChI is InChI=1S/C27H35N3O/c1-20-8-4-5-9-24(20)26-25-19-30(18-23(25)17-28(26)2)27(31)22-12-10-21(11-13-22)16-29-14-6-3-7-15-29/h4-5,8-13,23,25-26H,3,6-7,14-19H2,1-2H3/t23-,25+,26+/m0/s1. The normalized spacial score (nSPS) is 26.9. The van der Waals surface area contributed by atoms with Gasteiger partial charge in [0.25, 0.3) is 5.91 Å². The van der Waals surface area contributed by atoms with Crippen LogP contribution in [0.25, 0.3) is 0 Å². The molecule has 0 N–H and O–H groups in total. The number of benzene rings is 2. The topological polar surface area (TPSA) is 26.8 Å². The van der Waals surface area contributed by atoms with Gasteiger partial charge in [0.05, 0.1) is 0 Å². The molecular formula is C27H35N3O. The van der Waals surface area contributed by atoms with E-state index in [0.29, 0.717) is 17.9 Å². The largest absolute Gasteiger partial charge is 0.338 e. The third-order valence-electron chi connectivity index (χ3n) is 7.74. The number of rotatable bonds is 4. The average Bonchev–Trinajstić information content (AvgIpc) is 3.32. The highest BCUT2D eigenvalue weighted by atomic mass is 16.2. The van der Waals surface area contributed by atoms with E-state index in [9.17, 15) is 4.79 Å². The number of nitrogens with zero attached hydrogens (tertiary/aromatic N) is 3. The van der Waals surface area contributed by atoms with Crippen molar-refractivity contribution in [1.82, 2.24) is 14.7 Å². The Bertz CT molecular complexity index is 918. The van der Waals surface area contributed by atoms with Crippen molar-refractivity contribution in [2.75, 3.05) is 39.8 Å². The molecule has 0 unspecified atom stereocenters. The summed E-state index contributed by atoms with van der Waals surface area (Å²) in [4.78, 5) is 20.4. The molecule has 31 heavy (non-hydrogen) atoms. The molecule has 0 radical (unpaired) electrons. The lowest BCUT2D eigenvalue weighted by Gasteiger charge is -2.28. The van der Waals surface area contributed by atoms with E-state index in [2.05, 4.69) is 65.1 Å². The SMILES string of the molecule is Cc1ccccc1[C@@H]1[C@@H]2CN(C(=O)c3ccc(CN4CCCCC4)cc3)C[C@@H]2CN1C. The van der Waals surface area contributed by atoms with Crippen molar-refractivity contribution in [3.63, 3.8) is 0 Å². The minimum absolute atomic E-state index is 0.199. The highest BCUT2D eigenvalue weighted by Gasteiger charge is 2.47. The first-order valence-corrected chi connectivity index (χ1v) is 12.0. The van der Waals surface area contributed by atoms with E-state index in [1.54, 1.807) is 0 Å². The van der Waals surface area contributed by atoms with E-state index in [0.717, 1.165) is 31.7 Å².